The van der Waals surface area contributed by atoms with Gasteiger partial charge in [-0.25, -0.2) is 5.01 Å². The van der Waals surface area contributed by atoms with Gasteiger partial charge < -0.3 is 0 Å². The Labute approximate surface area is 174 Å². The number of nitrogens with zero attached hydrogens (tertiary/aromatic N) is 3. The zero-order valence-electron chi connectivity index (χ0n) is 14.6. The van der Waals surface area contributed by atoms with Gasteiger partial charge in [0, 0.05) is 6.07 Å². The quantitative estimate of drug-likeness (QED) is 0.313. The molecular formula is C18H12N4O5S2. The molecule has 0 atom stereocenters. The molecule has 1 N–H and O–H groups in total. The fourth-order valence-corrected chi connectivity index (χ4v) is 3.52. The number of allylic oxidation sites excluding steroid dienone is 2. The highest BCUT2D eigenvalue weighted by atomic mass is 32.2. The van der Waals surface area contributed by atoms with Crippen molar-refractivity contribution in [2.75, 3.05) is 5.43 Å². The van der Waals surface area contributed by atoms with Gasteiger partial charge in [0.15, 0.2) is 4.32 Å². The van der Waals surface area contributed by atoms with Crippen molar-refractivity contribution in [3.05, 3.63) is 91.4 Å². The van der Waals surface area contributed by atoms with Crippen molar-refractivity contribution in [2.45, 2.75) is 0 Å². The van der Waals surface area contributed by atoms with Crippen LogP contribution in [0.5, 0.6) is 0 Å². The van der Waals surface area contributed by atoms with E-state index in [-0.39, 0.29) is 10.0 Å². The molecule has 3 rings (SSSR count). The van der Waals surface area contributed by atoms with Crippen molar-refractivity contribution in [3.8, 4) is 0 Å². The molecular weight excluding hydrogens is 416 g/mol. The van der Waals surface area contributed by atoms with E-state index in [0.717, 1.165) is 40.5 Å². The number of hydrazine groups is 1. The van der Waals surface area contributed by atoms with Crippen molar-refractivity contribution < 1.29 is 14.6 Å². The highest BCUT2D eigenvalue weighted by molar-refractivity contribution is 8.26. The molecule has 0 saturated carbocycles. The summed E-state index contributed by atoms with van der Waals surface area (Å²) in [4.78, 5) is 33.5. The Kier molecular flexibility index (Phi) is 6.00. The summed E-state index contributed by atoms with van der Waals surface area (Å²) in [6.07, 6.45) is 5.12. The molecule has 29 heavy (non-hydrogen) atoms. The molecule has 1 aliphatic heterocycles. The standard InChI is InChI=1S/C18H12N4O5S2/c23-17-16(8-4-7-12-5-2-1-3-6-12)29-18(28)20(17)19-14-10-9-13(21(24)25)11-15(14)22(26)27/h1-11,19H/b7-4-,16-8+. The van der Waals surface area contributed by atoms with E-state index in [1.54, 1.807) is 12.2 Å². The summed E-state index contributed by atoms with van der Waals surface area (Å²) in [5.74, 6) is -0.481. The van der Waals surface area contributed by atoms with E-state index in [9.17, 15) is 25.0 Å². The third-order valence-electron chi connectivity index (χ3n) is 3.75. The van der Waals surface area contributed by atoms with Gasteiger partial charge in [0.1, 0.15) is 5.69 Å². The van der Waals surface area contributed by atoms with Gasteiger partial charge in [0.2, 0.25) is 0 Å². The van der Waals surface area contributed by atoms with Crippen molar-refractivity contribution in [2.24, 2.45) is 0 Å². The second-order valence-electron chi connectivity index (χ2n) is 5.64. The third kappa shape index (κ3) is 4.65. The number of amides is 1. The fraction of sp³-hybridized carbons (Fsp3) is 0. The summed E-state index contributed by atoms with van der Waals surface area (Å²) in [5.41, 5.74) is 2.49. The van der Waals surface area contributed by atoms with Gasteiger partial charge >= 0.3 is 5.69 Å². The largest absolute Gasteiger partial charge is 0.300 e. The monoisotopic (exact) mass is 428 g/mol. The first-order chi connectivity index (χ1) is 13.9. The first-order valence-electron chi connectivity index (χ1n) is 8.06. The lowest BCUT2D eigenvalue weighted by Crippen LogP contribution is -2.34. The number of carbonyl (C=O) groups is 1. The first-order valence-corrected chi connectivity index (χ1v) is 9.28. The van der Waals surface area contributed by atoms with Crippen LogP contribution in [0.1, 0.15) is 5.56 Å². The number of benzene rings is 2. The number of thioether (sulfide) groups is 1. The minimum atomic E-state index is -0.772. The zero-order chi connectivity index (χ0) is 21.0. The maximum absolute atomic E-state index is 12.6. The maximum Gasteiger partial charge on any atom is 0.300 e. The predicted molar refractivity (Wildman–Crippen MR) is 114 cm³/mol. The summed E-state index contributed by atoms with van der Waals surface area (Å²) in [6.45, 7) is 0. The van der Waals surface area contributed by atoms with E-state index in [1.807, 2.05) is 36.4 Å². The van der Waals surface area contributed by atoms with Crippen molar-refractivity contribution in [1.82, 2.24) is 5.01 Å². The van der Waals surface area contributed by atoms with E-state index >= 15 is 0 Å². The van der Waals surface area contributed by atoms with Crippen molar-refractivity contribution in [1.29, 1.82) is 0 Å². The van der Waals surface area contributed by atoms with Crippen LogP contribution < -0.4 is 5.43 Å². The van der Waals surface area contributed by atoms with E-state index in [0.29, 0.717) is 4.91 Å². The molecule has 2 aromatic carbocycles. The molecule has 0 aliphatic carbocycles. The zero-order valence-corrected chi connectivity index (χ0v) is 16.2. The summed E-state index contributed by atoms with van der Waals surface area (Å²) >= 11 is 6.21. The van der Waals surface area contributed by atoms with Crippen LogP contribution in [0.4, 0.5) is 17.1 Å². The molecule has 0 aromatic heterocycles. The highest BCUT2D eigenvalue weighted by Gasteiger charge is 2.33. The summed E-state index contributed by atoms with van der Waals surface area (Å²) < 4.78 is 0.155. The maximum atomic E-state index is 12.6. The van der Waals surface area contributed by atoms with Crippen LogP contribution in [-0.4, -0.2) is 25.1 Å². The average molecular weight is 428 g/mol. The third-order valence-corrected chi connectivity index (χ3v) is 5.07. The van der Waals surface area contributed by atoms with Crippen molar-refractivity contribution >= 4 is 57.3 Å². The number of non-ortho nitro benzene ring substituents is 1. The SMILES string of the molecule is O=C1/C(=C\C=C/c2ccccc2)SC(=S)N1Nc1ccc([N+](=O)[O-])cc1[N+](=O)[O-]. The molecule has 1 heterocycles. The van der Waals surface area contributed by atoms with Gasteiger partial charge in [-0.05, 0) is 29.9 Å². The molecule has 1 fully saturated rings. The number of nitrogens with one attached hydrogen (secondary N) is 1. The normalized spacial score (nSPS) is 15.3. The summed E-state index contributed by atoms with van der Waals surface area (Å²) in [5, 5.41) is 23.1. The molecule has 0 radical (unpaired) electrons. The predicted octanol–water partition coefficient (Wildman–Crippen LogP) is 4.29. The molecule has 0 spiro atoms. The number of hydrogen-bond donors (Lipinski definition) is 1. The smallest absolute Gasteiger partial charge is 0.283 e. The Bertz CT molecular complexity index is 1070. The Balaban J connectivity index is 1.80. The second kappa shape index (κ2) is 8.63. The first kappa shape index (κ1) is 20.2. The minimum absolute atomic E-state index is 0.0852. The Morgan fingerprint density at radius 1 is 1.07 bits per heavy atom. The number of nitro benzene ring substituents is 2. The number of anilines is 1. The Morgan fingerprint density at radius 2 is 1.79 bits per heavy atom. The molecule has 146 valence electrons. The molecule has 9 nitrogen and oxygen atoms in total. The van der Waals surface area contributed by atoms with Gasteiger partial charge in [-0.15, -0.1) is 0 Å². The molecule has 1 amide bonds. The van der Waals surface area contributed by atoms with Gasteiger partial charge in [-0.3, -0.25) is 30.4 Å². The van der Waals surface area contributed by atoms with Gasteiger partial charge in [-0.1, -0.05) is 54.2 Å². The molecule has 0 unspecified atom stereocenters. The van der Waals surface area contributed by atoms with Crippen LogP contribution in [0.25, 0.3) is 6.08 Å². The van der Waals surface area contributed by atoms with Crippen molar-refractivity contribution in [3.63, 3.8) is 0 Å². The van der Waals surface area contributed by atoms with Crippen LogP contribution in [0, 0.1) is 20.2 Å². The number of thiocarbonyl (C=S) groups is 1. The van der Waals surface area contributed by atoms with E-state index in [1.165, 1.54) is 0 Å². The molecule has 0 bridgehead atoms. The molecule has 2 aromatic rings. The van der Waals surface area contributed by atoms with Crippen LogP contribution in [-0.2, 0) is 4.79 Å². The van der Waals surface area contributed by atoms with Crippen LogP contribution in [0.3, 0.4) is 0 Å². The minimum Gasteiger partial charge on any atom is -0.283 e. The number of rotatable bonds is 6. The van der Waals surface area contributed by atoms with Crippen LogP contribution >= 0.6 is 24.0 Å². The topological polar surface area (TPSA) is 119 Å². The number of carbonyl (C=O) groups excluding carboxylic acids is 1. The van der Waals surface area contributed by atoms with E-state index in [2.05, 4.69) is 5.43 Å². The average Bonchev–Trinajstić information content (AvgIpc) is 2.96. The summed E-state index contributed by atoms with van der Waals surface area (Å²) in [6, 6.07) is 12.6. The van der Waals surface area contributed by atoms with Gasteiger partial charge in [0.25, 0.3) is 11.6 Å². The molecule has 1 saturated heterocycles. The lowest BCUT2D eigenvalue weighted by atomic mass is 10.2. The highest BCUT2D eigenvalue weighted by Crippen LogP contribution is 2.34. The van der Waals surface area contributed by atoms with Gasteiger partial charge in [0.05, 0.1) is 20.8 Å². The summed E-state index contributed by atoms with van der Waals surface area (Å²) in [7, 11) is 0. The van der Waals surface area contributed by atoms with Crippen LogP contribution in [0.15, 0.2) is 65.6 Å². The number of nitro groups is 2. The second-order valence-corrected chi connectivity index (χ2v) is 7.31. The fourth-order valence-electron chi connectivity index (χ4n) is 2.39. The Morgan fingerprint density at radius 3 is 2.45 bits per heavy atom. The lowest BCUT2D eigenvalue weighted by molar-refractivity contribution is -0.393. The van der Waals surface area contributed by atoms with E-state index < -0.39 is 27.1 Å². The molecule has 11 heteroatoms. The molecule has 1 aliphatic rings. The Hall–Kier alpha value is -3.57. The lowest BCUT2D eigenvalue weighted by Gasteiger charge is -2.16. The van der Waals surface area contributed by atoms with Gasteiger partial charge in [-0.2, -0.15) is 0 Å². The van der Waals surface area contributed by atoms with Crippen LogP contribution in [0.2, 0.25) is 0 Å². The number of hydrogen-bond acceptors (Lipinski definition) is 8. The van der Waals surface area contributed by atoms with E-state index in [4.69, 9.17) is 12.2 Å².